The Kier molecular flexibility index (Phi) is 4.78. The van der Waals surface area contributed by atoms with Crippen LogP contribution >= 0.6 is 22.7 Å². The Morgan fingerprint density at radius 3 is 2.95 bits per heavy atom. The lowest BCUT2D eigenvalue weighted by Crippen LogP contribution is -2.20. The number of aromatic nitrogens is 1. The average Bonchev–Trinajstić information content (AvgIpc) is 3.24. The summed E-state index contributed by atoms with van der Waals surface area (Å²) in [5.41, 5.74) is 3.21. The molecule has 0 saturated carbocycles. The first-order chi connectivity index (χ1) is 10.8. The molecule has 1 N–H and O–H groups in total. The Balaban J connectivity index is 1.59. The van der Waals surface area contributed by atoms with E-state index in [4.69, 9.17) is 0 Å². The minimum absolute atomic E-state index is 0.102. The average molecular weight is 326 g/mol. The predicted octanol–water partition coefficient (Wildman–Crippen LogP) is 4.20. The van der Waals surface area contributed by atoms with Crippen LogP contribution in [0.3, 0.4) is 0 Å². The SMILES string of the molecule is O=C(/C=C/c1cccs1)NCc1cncc(-c2ccsc2)c1. The zero-order valence-corrected chi connectivity index (χ0v) is 13.4. The van der Waals surface area contributed by atoms with E-state index < -0.39 is 0 Å². The van der Waals surface area contributed by atoms with E-state index in [1.54, 1.807) is 34.9 Å². The van der Waals surface area contributed by atoms with Crippen LogP contribution in [0.4, 0.5) is 0 Å². The van der Waals surface area contributed by atoms with E-state index in [1.807, 2.05) is 35.2 Å². The monoisotopic (exact) mass is 326 g/mol. The molecule has 3 aromatic rings. The van der Waals surface area contributed by atoms with Crippen molar-refractivity contribution in [1.29, 1.82) is 0 Å². The standard InChI is InChI=1S/C17H14N2OS2/c20-17(4-3-16-2-1-6-22-16)19-10-13-8-15(11-18-9-13)14-5-7-21-12-14/h1-9,11-12H,10H2,(H,19,20)/b4-3+. The van der Waals surface area contributed by atoms with Crippen LogP contribution in [0.15, 0.2) is 58.9 Å². The fourth-order valence-electron chi connectivity index (χ4n) is 1.96. The number of rotatable bonds is 5. The Morgan fingerprint density at radius 1 is 1.23 bits per heavy atom. The van der Waals surface area contributed by atoms with Gasteiger partial charge in [0.25, 0.3) is 0 Å². The van der Waals surface area contributed by atoms with Crippen molar-refractivity contribution in [2.24, 2.45) is 0 Å². The number of thiophene rings is 2. The number of hydrogen-bond donors (Lipinski definition) is 1. The lowest BCUT2D eigenvalue weighted by molar-refractivity contribution is -0.116. The number of hydrogen-bond acceptors (Lipinski definition) is 4. The van der Waals surface area contributed by atoms with Crippen LogP contribution in [0.5, 0.6) is 0 Å². The molecule has 0 unspecified atom stereocenters. The fourth-order valence-corrected chi connectivity index (χ4v) is 3.25. The highest BCUT2D eigenvalue weighted by Crippen LogP contribution is 2.21. The first-order valence-electron chi connectivity index (χ1n) is 6.77. The molecule has 3 aromatic heterocycles. The molecule has 3 rings (SSSR count). The lowest BCUT2D eigenvalue weighted by Gasteiger charge is -2.04. The van der Waals surface area contributed by atoms with Crippen LogP contribution in [-0.4, -0.2) is 10.9 Å². The molecule has 0 aliphatic heterocycles. The van der Waals surface area contributed by atoms with Gasteiger partial charge in [-0.2, -0.15) is 11.3 Å². The predicted molar refractivity (Wildman–Crippen MR) is 92.7 cm³/mol. The molecule has 110 valence electrons. The van der Waals surface area contributed by atoms with Crippen molar-refractivity contribution in [2.45, 2.75) is 6.54 Å². The number of carbonyl (C=O) groups excluding carboxylic acids is 1. The third-order valence-corrected chi connectivity index (χ3v) is 4.58. The van der Waals surface area contributed by atoms with Crippen molar-refractivity contribution in [3.63, 3.8) is 0 Å². The molecule has 0 atom stereocenters. The van der Waals surface area contributed by atoms with Gasteiger partial charge in [0.2, 0.25) is 5.91 Å². The largest absolute Gasteiger partial charge is 0.348 e. The van der Waals surface area contributed by atoms with Crippen molar-refractivity contribution >= 4 is 34.7 Å². The van der Waals surface area contributed by atoms with Crippen LogP contribution in [0.25, 0.3) is 17.2 Å². The van der Waals surface area contributed by atoms with Gasteiger partial charge in [-0.1, -0.05) is 6.07 Å². The Bertz CT molecular complexity index is 762. The van der Waals surface area contributed by atoms with Crippen LogP contribution in [0.1, 0.15) is 10.4 Å². The molecule has 0 radical (unpaired) electrons. The van der Waals surface area contributed by atoms with E-state index in [0.717, 1.165) is 21.6 Å². The van der Waals surface area contributed by atoms with Crippen molar-refractivity contribution in [3.8, 4) is 11.1 Å². The van der Waals surface area contributed by atoms with E-state index in [1.165, 1.54) is 0 Å². The second-order valence-electron chi connectivity index (χ2n) is 4.66. The summed E-state index contributed by atoms with van der Waals surface area (Å²) in [6.07, 6.45) is 6.99. The molecule has 0 aliphatic rings. The third kappa shape index (κ3) is 3.90. The number of nitrogens with zero attached hydrogens (tertiary/aromatic N) is 1. The Labute approximate surface area is 137 Å². The van der Waals surface area contributed by atoms with E-state index >= 15 is 0 Å². The van der Waals surface area contributed by atoms with Gasteiger partial charge in [0.15, 0.2) is 0 Å². The Morgan fingerprint density at radius 2 is 2.18 bits per heavy atom. The molecule has 0 aromatic carbocycles. The quantitative estimate of drug-likeness (QED) is 0.714. The number of amides is 1. The highest BCUT2D eigenvalue weighted by atomic mass is 32.1. The first kappa shape index (κ1) is 14.7. The molecule has 1 amide bonds. The van der Waals surface area contributed by atoms with Crippen LogP contribution in [0.2, 0.25) is 0 Å². The van der Waals surface area contributed by atoms with Gasteiger partial charge in [0, 0.05) is 35.5 Å². The molecule has 5 heteroatoms. The number of pyridine rings is 1. The molecule has 0 spiro atoms. The molecule has 0 bridgehead atoms. The van der Waals surface area contributed by atoms with Crippen LogP contribution in [0, 0.1) is 0 Å². The molecular weight excluding hydrogens is 312 g/mol. The van der Waals surface area contributed by atoms with Gasteiger partial charge in [-0.25, -0.2) is 0 Å². The van der Waals surface area contributed by atoms with Gasteiger partial charge in [0.05, 0.1) is 0 Å². The molecule has 22 heavy (non-hydrogen) atoms. The minimum Gasteiger partial charge on any atom is -0.348 e. The summed E-state index contributed by atoms with van der Waals surface area (Å²) in [6, 6.07) is 8.05. The van der Waals surface area contributed by atoms with Gasteiger partial charge in [-0.15, -0.1) is 11.3 Å². The summed E-state index contributed by atoms with van der Waals surface area (Å²) in [4.78, 5) is 17.1. The third-order valence-electron chi connectivity index (χ3n) is 3.06. The highest BCUT2D eigenvalue weighted by Gasteiger charge is 2.02. The second kappa shape index (κ2) is 7.15. The molecule has 3 heterocycles. The van der Waals surface area contributed by atoms with Gasteiger partial charge >= 0.3 is 0 Å². The minimum atomic E-state index is -0.102. The van der Waals surface area contributed by atoms with E-state index in [9.17, 15) is 4.79 Å². The van der Waals surface area contributed by atoms with Crippen molar-refractivity contribution < 1.29 is 4.79 Å². The fraction of sp³-hybridized carbons (Fsp3) is 0.0588. The van der Waals surface area contributed by atoms with E-state index in [2.05, 4.69) is 27.8 Å². The van der Waals surface area contributed by atoms with Crippen molar-refractivity contribution in [3.05, 3.63) is 69.3 Å². The smallest absolute Gasteiger partial charge is 0.244 e. The van der Waals surface area contributed by atoms with Gasteiger partial charge in [-0.05, 0) is 51.5 Å². The molecule has 0 saturated heterocycles. The maximum atomic E-state index is 11.8. The summed E-state index contributed by atoms with van der Waals surface area (Å²) >= 11 is 3.26. The zero-order valence-electron chi connectivity index (χ0n) is 11.7. The summed E-state index contributed by atoms with van der Waals surface area (Å²) in [7, 11) is 0. The van der Waals surface area contributed by atoms with Gasteiger partial charge in [-0.3, -0.25) is 9.78 Å². The van der Waals surface area contributed by atoms with Crippen LogP contribution in [-0.2, 0) is 11.3 Å². The van der Waals surface area contributed by atoms with Crippen LogP contribution < -0.4 is 5.32 Å². The van der Waals surface area contributed by atoms with Crippen molar-refractivity contribution in [1.82, 2.24) is 10.3 Å². The van der Waals surface area contributed by atoms with E-state index in [0.29, 0.717) is 6.54 Å². The first-order valence-corrected chi connectivity index (χ1v) is 8.59. The number of carbonyl (C=O) groups is 1. The summed E-state index contributed by atoms with van der Waals surface area (Å²) in [5.74, 6) is -0.102. The maximum absolute atomic E-state index is 11.8. The molecule has 3 nitrogen and oxygen atoms in total. The molecular formula is C17H14N2OS2. The maximum Gasteiger partial charge on any atom is 0.244 e. The molecule has 0 aliphatic carbocycles. The molecule has 0 fully saturated rings. The summed E-state index contributed by atoms with van der Waals surface area (Å²) in [6.45, 7) is 0.471. The summed E-state index contributed by atoms with van der Waals surface area (Å²) in [5, 5.41) is 8.99. The normalized spacial score (nSPS) is 10.9. The second-order valence-corrected chi connectivity index (χ2v) is 6.42. The lowest BCUT2D eigenvalue weighted by atomic mass is 10.1. The topological polar surface area (TPSA) is 42.0 Å². The number of nitrogens with one attached hydrogen (secondary N) is 1. The Hall–Kier alpha value is -2.24. The van der Waals surface area contributed by atoms with Gasteiger partial charge < -0.3 is 5.32 Å². The highest BCUT2D eigenvalue weighted by molar-refractivity contribution is 7.10. The summed E-state index contributed by atoms with van der Waals surface area (Å²) < 4.78 is 0. The zero-order chi connectivity index (χ0) is 15.2. The van der Waals surface area contributed by atoms with E-state index in [-0.39, 0.29) is 5.91 Å². The van der Waals surface area contributed by atoms with Crippen molar-refractivity contribution in [2.75, 3.05) is 0 Å². The van der Waals surface area contributed by atoms with Gasteiger partial charge in [0.1, 0.15) is 0 Å².